The summed E-state index contributed by atoms with van der Waals surface area (Å²) >= 11 is 0. The summed E-state index contributed by atoms with van der Waals surface area (Å²) in [7, 11) is 0. The van der Waals surface area contributed by atoms with Crippen molar-refractivity contribution in [1.29, 1.82) is 0 Å². The highest BCUT2D eigenvalue weighted by molar-refractivity contribution is 5.99. The molecule has 0 rings (SSSR count). The Morgan fingerprint density at radius 3 is 0.846 bits per heavy atom. The molecule has 0 aliphatic heterocycles. The van der Waals surface area contributed by atoms with Gasteiger partial charge in [-0.2, -0.15) is 0 Å². The normalized spacial score (nSPS) is 10.4. The first kappa shape index (κ1) is 24.7. The number of hydrogen-bond donors (Lipinski definition) is 0. The van der Waals surface area contributed by atoms with E-state index in [0.717, 1.165) is 0 Å². The summed E-state index contributed by atoms with van der Waals surface area (Å²) in [5.74, 6) is 0. The van der Waals surface area contributed by atoms with Crippen molar-refractivity contribution in [3.8, 4) is 0 Å². The van der Waals surface area contributed by atoms with Gasteiger partial charge in [0.05, 0.1) is 45.6 Å². The van der Waals surface area contributed by atoms with E-state index in [1.807, 2.05) is 0 Å². The molecule has 0 amide bonds. The van der Waals surface area contributed by atoms with Crippen LogP contribution in [0.15, 0.2) is 104 Å². The Labute approximate surface area is 156 Å². The molecule has 0 fully saturated rings. The zero-order chi connectivity index (χ0) is 20.9. The summed E-state index contributed by atoms with van der Waals surface area (Å²) in [6.45, 7) is 38.6. The van der Waals surface area contributed by atoms with Crippen LogP contribution < -0.4 is 0 Å². The standard InChI is InChI=1S/2C10H13N3/c2*1-7(11-5)9(3)13-10(4)8(2)12-6/h2*1-3,5-6H2,4H3. The van der Waals surface area contributed by atoms with Gasteiger partial charge in [0.15, 0.2) is 0 Å². The fourth-order valence-electron chi connectivity index (χ4n) is 1.07. The van der Waals surface area contributed by atoms with E-state index in [1.165, 1.54) is 0 Å². The minimum Gasteiger partial charge on any atom is -0.263 e. The van der Waals surface area contributed by atoms with Crippen LogP contribution in [0.3, 0.4) is 0 Å². The Kier molecular flexibility index (Phi) is 12.2. The molecule has 136 valence electrons. The van der Waals surface area contributed by atoms with Gasteiger partial charge in [-0.05, 0) is 40.7 Å². The lowest BCUT2D eigenvalue weighted by Crippen LogP contribution is -1.94. The molecule has 0 N–H and O–H groups in total. The van der Waals surface area contributed by atoms with Crippen LogP contribution in [-0.2, 0) is 0 Å². The van der Waals surface area contributed by atoms with Crippen LogP contribution >= 0.6 is 0 Å². The lowest BCUT2D eigenvalue weighted by Gasteiger charge is -2.00. The number of hydrogen-bond acceptors (Lipinski definition) is 6. The third kappa shape index (κ3) is 9.57. The molecule has 0 aromatic heterocycles. The number of nitrogens with zero attached hydrogens (tertiary/aromatic N) is 6. The minimum absolute atomic E-state index is 0.441. The highest BCUT2D eigenvalue weighted by Gasteiger charge is 1.99. The number of aliphatic imine (C=N–C) groups is 6. The maximum absolute atomic E-state index is 4.07. The molecule has 6 nitrogen and oxygen atoms in total. The van der Waals surface area contributed by atoms with E-state index >= 15 is 0 Å². The molecular weight excluding hydrogens is 324 g/mol. The van der Waals surface area contributed by atoms with E-state index in [1.54, 1.807) is 13.8 Å². The summed E-state index contributed by atoms with van der Waals surface area (Å²) in [5, 5.41) is 0. The van der Waals surface area contributed by atoms with Gasteiger partial charge in [0, 0.05) is 0 Å². The van der Waals surface area contributed by atoms with Crippen molar-refractivity contribution in [2.75, 3.05) is 0 Å². The van der Waals surface area contributed by atoms with Gasteiger partial charge in [-0.3, -0.25) is 20.0 Å². The van der Waals surface area contributed by atoms with E-state index in [4.69, 9.17) is 0 Å². The molecule has 0 aromatic carbocycles. The van der Waals surface area contributed by atoms with Crippen LogP contribution in [-0.4, -0.2) is 38.3 Å². The largest absolute Gasteiger partial charge is 0.263 e. The first-order valence-electron chi connectivity index (χ1n) is 7.18. The molecule has 0 aliphatic carbocycles. The number of allylic oxidation sites excluding steroid dienone is 2. The van der Waals surface area contributed by atoms with E-state index in [0.29, 0.717) is 45.6 Å². The summed E-state index contributed by atoms with van der Waals surface area (Å²) < 4.78 is 0. The molecule has 0 radical (unpaired) electrons. The Morgan fingerprint density at radius 1 is 0.423 bits per heavy atom. The fourth-order valence-corrected chi connectivity index (χ4v) is 1.07. The van der Waals surface area contributed by atoms with Gasteiger partial charge in [-0.15, -0.1) is 0 Å². The lowest BCUT2D eigenvalue weighted by molar-refractivity contribution is 1.26. The van der Waals surface area contributed by atoms with Gasteiger partial charge in [0.1, 0.15) is 0 Å². The van der Waals surface area contributed by atoms with Gasteiger partial charge >= 0.3 is 0 Å². The van der Waals surface area contributed by atoms with Gasteiger partial charge in [-0.1, -0.05) is 39.5 Å². The molecule has 0 spiro atoms. The van der Waals surface area contributed by atoms with E-state index in [2.05, 4.69) is 96.3 Å². The Bertz CT molecular complexity index is 680. The van der Waals surface area contributed by atoms with Crippen LogP contribution in [0.5, 0.6) is 0 Å². The average Bonchev–Trinajstić information content (AvgIpc) is 2.64. The molecular formula is C20H26N6. The smallest absolute Gasteiger partial charge is 0.0812 e. The summed E-state index contributed by atoms with van der Waals surface area (Å²) in [6, 6.07) is 0. The lowest BCUT2D eigenvalue weighted by atomic mass is 10.3. The van der Waals surface area contributed by atoms with Gasteiger partial charge < -0.3 is 0 Å². The maximum Gasteiger partial charge on any atom is 0.0812 e. The molecule has 0 atom stereocenters. The summed E-state index contributed by atoms with van der Waals surface area (Å²) in [5.41, 5.74) is 4.10. The molecule has 0 unspecified atom stereocenters. The quantitative estimate of drug-likeness (QED) is 0.402. The van der Waals surface area contributed by atoms with Gasteiger partial charge in [-0.25, -0.2) is 9.98 Å². The van der Waals surface area contributed by atoms with Crippen molar-refractivity contribution in [2.24, 2.45) is 30.0 Å². The predicted octanol–water partition coefficient (Wildman–Crippen LogP) is 4.78. The molecule has 0 aromatic rings. The zero-order valence-corrected chi connectivity index (χ0v) is 15.8. The van der Waals surface area contributed by atoms with E-state index < -0.39 is 0 Å². The highest BCUT2D eigenvalue weighted by atomic mass is 14.9. The van der Waals surface area contributed by atoms with Gasteiger partial charge in [0.2, 0.25) is 0 Å². The number of rotatable bonds is 10. The molecule has 0 saturated carbocycles. The second kappa shape index (κ2) is 12.8. The van der Waals surface area contributed by atoms with Gasteiger partial charge in [0.25, 0.3) is 0 Å². The van der Waals surface area contributed by atoms with E-state index in [9.17, 15) is 0 Å². The summed E-state index contributed by atoms with van der Waals surface area (Å²) in [6.07, 6.45) is 0. The Hall–Kier alpha value is -3.54. The maximum atomic E-state index is 4.07. The zero-order valence-electron chi connectivity index (χ0n) is 15.8. The third-order valence-corrected chi connectivity index (χ3v) is 2.87. The van der Waals surface area contributed by atoms with Crippen LogP contribution in [0, 0.1) is 0 Å². The van der Waals surface area contributed by atoms with Crippen LogP contribution in [0.2, 0.25) is 0 Å². The SMILES string of the molecule is C=NC(=C)C(=C)N=C(C)C(=C)N=C.C=NC(=C)C(=C)N=C(C)C(=C)N=C. The third-order valence-electron chi connectivity index (χ3n) is 2.87. The second-order valence-corrected chi connectivity index (χ2v) is 4.71. The van der Waals surface area contributed by atoms with Crippen LogP contribution in [0.25, 0.3) is 0 Å². The van der Waals surface area contributed by atoms with Crippen molar-refractivity contribution in [3.05, 3.63) is 73.7 Å². The highest BCUT2D eigenvalue weighted by Crippen LogP contribution is 2.10. The van der Waals surface area contributed by atoms with E-state index in [-0.39, 0.29) is 0 Å². The first-order valence-corrected chi connectivity index (χ1v) is 7.18. The van der Waals surface area contributed by atoms with Crippen LogP contribution in [0.4, 0.5) is 0 Å². The molecule has 26 heavy (non-hydrogen) atoms. The Balaban J connectivity index is 0. The monoisotopic (exact) mass is 350 g/mol. The van der Waals surface area contributed by atoms with Crippen molar-refractivity contribution in [1.82, 2.24) is 0 Å². The minimum atomic E-state index is 0.441. The predicted molar refractivity (Wildman–Crippen MR) is 119 cm³/mol. The average molecular weight is 350 g/mol. The van der Waals surface area contributed by atoms with Crippen molar-refractivity contribution < 1.29 is 0 Å². The van der Waals surface area contributed by atoms with Crippen molar-refractivity contribution in [2.45, 2.75) is 13.8 Å². The van der Waals surface area contributed by atoms with Crippen molar-refractivity contribution >= 4 is 38.3 Å². The fraction of sp³-hybridized carbons (Fsp3) is 0.100. The Morgan fingerprint density at radius 2 is 0.654 bits per heavy atom. The molecule has 0 heterocycles. The molecule has 0 saturated heterocycles. The molecule has 0 aliphatic rings. The van der Waals surface area contributed by atoms with Crippen LogP contribution in [0.1, 0.15) is 13.8 Å². The topological polar surface area (TPSA) is 74.2 Å². The second-order valence-electron chi connectivity index (χ2n) is 4.71. The molecule has 6 heteroatoms. The first-order chi connectivity index (χ1) is 12.0. The molecule has 0 bridgehead atoms. The summed E-state index contributed by atoms with van der Waals surface area (Å²) in [4.78, 5) is 22.6. The van der Waals surface area contributed by atoms with Crippen molar-refractivity contribution in [3.63, 3.8) is 0 Å².